The van der Waals surface area contributed by atoms with Crippen LogP contribution in [0.25, 0.3) is 0 Å². The molecule has 2 aliphatic rings. The molecule has 1 heterocycles. The van der Waals surface area contributed by atoms with E-state index in [2.05, 4.69) is 52.8 Å². The molecule has 1 aliphatic carbocycles. The van der Waals surface area contributed by atoms with Gasteiger partial charge in [0.2, 0.25) is 0 Å². The Bertz CT molecular complexity index is 597. The van der Waals surface area contributed by atoms with Crippen molar-refractivity contribution in [1.29, 1.82) is 0 Å². The molecule has 1 aliphatic heterocycles. The number of alkyl halides is 2. The first-order valence-electron chi connectivity index (χ1n) is 11.2. The fourth-order valence-corrected chi connectivity index (χ4v) is 8.66. The predicted octanol–water partition coefficient (Wildman–Crippen LogP) is 5.65. The van der Waals surface area contributed by atoms with Crippen LogP contribution >= 0.6 is 20.1 Å². The van der Waals surface area contributed by atoms with Gasteiger partial charge < -0.3 is 0 Å². The van der Waals surface area contributed by atoms with Crippen LogP contribution in [0.15, 0.2) is 28.8 Å². The predicted molar refractivity (Wildman–Crippen MR) is 132 cm³/mol. The number of carbonyl (C=O) groups excluding carboxylic acids is 1. The molecule has 0 bridgehead atoms. The number of amides is 1. The van der Waals surface area contributed by atoms with Crippen LogP contribution in [0.2, 0.25) is 0 Å². The van der Waals surface area contributed by atoms with Crippen molar-refractivity contribution < 1.29 is 9.53 Å². The zero-order valence-electron chi connectivity index (χ0n) is 18.7. The monoisotopic (exact) mass is 517 g/mol. The molecule has 0 unspecified atom stereocenters. The Kier molecular flexibility index (Phi) is 11.1. The van der Waals surface area contributed by atoms with E-state index in [1.54, 1.807) is 0 Å². The van der Waals surface area contributed by atoms with Gasteiger partial charge in [-0.1, -0.05) is 0 Å². The van der Waals surface area contributed by atoms with Crippen LogP contribution in [-0.4, -0.2) is 40.0 Å². The topological polar surface area (TPSA) is 62.7 Å². The van der Waals surface area contributed by atoms with E-state index in [4.69, 9.17) is 4.74 Å². The maximum absolute atomic E-state index is 11.6. The van der Waals surface area contributed by atoms with Gasteiger partial charge in [0.1, 0.15) is 0 Å². The van der Waals surface area contributed by atoms with Crippen LogP contribution < -0.4 is 8.85 Å². The Morgan fingerprint density at radius 3 is 2.79 bits per heavy atom. The van der Waals surface area contributed by atoms with Gasteiger partial charge in [-0.25, -0.2) is 0 Å². The number of hydrogen-bond acceptors (Lipinski definition) is 4. The molecule has 0 saturated heterocycles. The summed E-state index contributed by atoms with van der Waals surface area (Å²) in [5, 5.41) is 2.89. The number of rotatable bonds is 12. The molecule has 0 aromatic rings. The van der Waals surface area contributed by atoms with E-state index in [0.717, 1.165) is 44.0 Å². The summed E-state index contributed by atoms with van der Waals surface area (Å²) in [6.07, 6.45) is 13.2. The van der Waals surface area contributed by atoms with Crippen molar-refractivity contribution in [1.82, 2.24) is 8.85 Å². The van der Waals surface area contributed by atoms with Crippen LogP contribution in [0.3, 0.4) is 0 Å². The fraction of sp³-hybridized carbons (Fsp3) is 0.739. The molecule has 1 amide bonds. The summed E-state index contributed by atoms with van der Waals surface area (Å²) in [6, 6.07) is 0. The number of hydrogen-bond donors (Lipinski definition) is 2. The number of allylic oxidation sites excluding steroid dienone is 1. The summed E-state index contributed by atoms with van der Waals surface area (Å²) < 4.78 is 10.9. The first kappa shape index (κ1) is 24.2. The summed E-state index contributed by atoms with van der Waals surface area (Å²) >= 11 is -1.35. The molecule has 1 fully saturated rings. The first-order chi connectivity index (χ1) is 14.0. The number of dihydropyridines is 1. The van der Waals surface area contributed by atoms with E-state index < -0.39 is 20.1 Å². The zero-order valence-corrected chi connectivity index (χ0v) is 20.8. The third-order valence-electron chi connectivity index (χ3n) is 4.92. The maximum atomic E-state index is 11.6. The summed E-state index contributed by atoms with van der Waals surface area (Å²) in [4.78, 5) is 16.3. The molecule has 0 aromatic heterocycles. The molecule has 2 rings (SSSR count). The van der Waals surface area contributed by atoms with Gasteiger partial charge >= 0.3 is 185 Å². The van der Waals surface area contributed by atoms with Gasteiger partial charge in [0.25, 0.3) is 0 Å². The SMILES string of the molecule is CCCOC(=O)NCC/C(=C/C[C@H](C)I(CC(C)C)NC1=NCCC=C1)C1CC1. The molecular weight excluding hydrogens is 477 g/mol. The average molecular weight is 517 g/mol. The van der Waals surface area contributed by atoms with Crippen LogP contribution in [0, 0.1) is 11.8 Å². The van der Waals surface area contributed by atoms with Crippen LogP contribution in [0.4, 0.5) is 4.79 Å². The van der Waals surface area contributed by atoms with Gasteiger partial charge in [0.05, 0.1) is 0 Å². The van der Waals surface area contributed by atoms with Crippen molar-refractivity contribution in [2.24, 2.45) is 16.8 Å². The second-order valence-electron chi connectivity index (χ2n) is 8.38. The minimum atomic E-state index is -1.35. The van der Waals surface area contributed by atoms with Crippen LogP contribution in [-0.2, 0) is 4.74 Å². The number of halogens is 1. The van der Waals surface area contributed by atoms with Gasteiger partial charge in [-0.2, -0.15) is 0 Å². The first-order valence-corrected chi connectivity index (χ1v) is 15.1. The molecule has 5 nitrogen and oxygen atoms in total. The van der Waals surface area contributed by atoms with Crippen molar-refractivity contribution >= 4 is 32.0 Å². The number of nitrogens with zero attached hydrogens (tertiary/aromatic N) is 1. The van der Waals surface area contributed by atoms with E-state index in [9.17, 15) is 4.79 Å². The quantitative estimate of drug-likeness (QED) is 0.152. The minimum absolute atomic E-state index is 0.286. The van der Waals surface area contributed by atoms with Gasteiger partial charge in [-0.05, 0) is 0 Å². The summed E-state index contributed by atoms with van der Waals surface area (Å²) in [5.41, 5.74) is 1.53. The van der Waals surface area contributed by atoms with E-state index in [0.29, 0.717) is 23.0 Å². The second-order valence-corrected chi connectivity index (χ2v) is 14.2. The summed E-state index contributed by atoms with van der Waals surface area (Å²) in [6.45, 7) is 11.1. The normalized spacial score (nSPS) is 18.3. The van der Waals surface area contributed by atoms with Crippen LogP contribution in [0.1, 0.15) is 66.2 Å². The van der Waals surface area contributed by atoms with Gasteiger partial charge in [-0.3, -0.25) is 0 Å². The van der Waals surface area contributed by atoms with E-state index in [-0.39, 0.29) is 6.09 Å². The summed E-state index contributed by atoms with van der Waals surface area (Å²) in [5.74, 6) is 2.56. The Morgan fingerprint density at radius 2 is 2.17 bits per heavy atom. The van der Waals surface area contributed by atoms with Gasteiger partial charge in [0, 0.05) is 0 Å². The standard InChI is InChI=1S/C23H40IN3O2/c1-5-16-29-23(28)26-15-13-21(20-11-12-20)10-9-19(4)24(17-18(2)3)27-22-8-6-7-14-25-22/h6,8,10,18-20H,5,7,9,11-17H2,1-4H3,(H,25,27)(H,26,28)/b21-10-/t19-/m0/s1. The molecule has 0 radical (unpaired) electrons. The van der Waals surface area contributed by atoms with Crippen molar-refractivity contribution in [3.8, 4) is 0 Å². The number of aliphatic imine (C=N–C) groups is 1. The Labute approximate surface area is 185 Å². The number of nitrogens with one attached hydrogen (secondary N) is 2. The van der Waals surface area contributed by atoms with Gasteiger partial charge in [0.15, 0.2) is 0 Å². The van der Waals surface area contributed by atoms with Gasteiger partial charge in [-0.15, -0.1) is 0 Å². The average Bonchev–Trinajstić information content (AvgIpc) is 3.54. The second kappa shape index (κ2) is 13.3. The molecule has 2 N–H and O–H groups in total. The van der Waals surface area contributed by atoms with E-state index in [1.807, 2.05) is 6.92 Å². The molecule has 0 spiro atoms. The molecule has 1 saturated carbocycles. The molecule has 1 atom stereocenters. The van der Waals surface area contributed by atoms with Crippen molar-refractivity contribution in [3.63, 3.8) is 0 Å². The number of ether oxygens (including phenoxy) is 1. The third kappa shape index (κ3) is 10.0. The fourth-order valence-electron chi connectivity index (χ4n) is 3.21. The van der Waals surface area contributed by atoms with Crippen molar-refractivity contribution in [2.45, 2.75) is 70.1 Å². The molecule has 6 heteroatoms. The number of amidine groups is 1. The number of carbonyl (C=O) groups is 1. The van der Waals surface area contributed by atoms with E-state index in [1.165, 1.54) is 22.8 Å². The zero-order chi connectivity index (χ0) is 21.1. The Balaban J connectivity index is 1.86. The Hall–Kier alpha value is -1.05. The van der Waals surface area contributed by atoms with Crippen LogP contribution in [0.5, 0.6) is 0 Å². The molecule has 0 aromatic carbocycles. The molecule has 166 valence electrons. The third-order valence-corrected chi connectivity index (χ3v) is 12.0. The molecule has 29 heavy (non-hydrogen) atoms. The van der Waals surface area contributed by atoms with Crippen molar-refractivity contribution in [3.05, 3.63) is 23.8 Å². The van der Waals surface area contributed by atoms with E-state index >= 15 is 0 Å². The van der Waals surface area contributed by atoms with Crippen molar-refractivity contribution in [2.75, 3.05) is 24.1 Å². The molecular formula is C23H40IN3O2. The summed E-state index contributed by atoms with van der Waals surface area (Å²) in [7, 11) is 0. The number of alkyl carbamates (subject to hydrolysis) is 1. The Morgan fingerprint density at radius 1 is 1.38 bits per heavy atom.